The number of fused-ring (bicyclic) bond motifs is 1. The molecule has 5 heteroatoms. The molecule has 0 aliphatic rings. The fraction of sp³-hybridized carbons (Fsp3) is 0.278. The third-order valence-corrected chi connectivity index (χ3v) is 4.22. The molecule has 0 saturated heterocycles. The fourth-order valence-corrected chi connectivity index (χ4v) is 2.84. The van der Waals surface area contributed by atoms with Gasteiger partial charge in [0.25, 0.3) is 0 Å². The van der Waals surface area contributed by atoms with E-state index < -0.39 is 0 Å². The van der Waals surface area contributed by atoms with Crippen molar-refractivity contribution in [1.29, 1.82) is 0 Å². The van der Waals surface area contributed by atoms with Gasteiger partial charge in [-0.3, -0.25) is 4.68 Å². The van der Waals surface area contributed by atoms with E-state index in [9.17, 15) is 5.11 Å². The lowest BCUT2D eigenvalue weighted by Crippen LogP contribution is -2.24. The molecular formula is C18H20ClN3O. The molecule has 0 spiro atoms. The van der Waals surface area contributed by atoms with Crippen LogP contribution >= 0.6 is 11.6 Å². The third kappa shape index (κ3) is 3.66. The molecule has 0 bridgehead atoms. The Labute approximate surface area is 140 Å². The molecule has 0 atom stereocenters. The molecule has 3 rings (SSSR count). The molecule has 1 N–H and O–H groups in total. The highest BCUT2D eigenvalue weighted by molar-refractivity contribution is 6.30. The quantitative estimate of drug-likeness (QED) is 0.751. The van der Waals surface area contributed by atoms with Gasteiger partial charge in [-0.15, -0.1) is 0 Å². The van der Waals surface area contributed by atoms with Crippen molar-refractivity contribution in [2.45, 2.75) is 13.0 Å². The fourth-order valence-electron chi connectivity index (χ4n) is 2.72. The number of aliphatic hydroxyl groups is 1. The molecule has 0 aliphatic heterocycles. The molecule has 2 aromatic carbocycles. The van der Waals surface area contributed by atoms with E-state index in [4.69, 9.17) is 11.6 Å². The topological polar surface area (TPSA) is 41.3 Å². The summed E-state index contributed by atoms with van der Waals surface area (Å²) in [5.41, 5.74) is 3.44. The Kier molecular flexibility index (Phi) is 4.84. The summed E-state index contributed by atoms with van der Waals surface area (Å²) in [5, 5.41) is 15.3. The van der Waals surface area contributed by atoms with Crippen molar-refractivity contribution >= 4 is 28.2 Å². The zero-order valence-corrected chi connectivity index (χ0v) is 13.9. The van der Waals surface area contributed by atoms with Crippen molar-refractivity contribution in [3.05, 3.63) is 59.2 Å². The summed E-state index contributed by atoms with van der Waals surface area (Å²) < 4.78 is 1.87. The van der Waals surface area contributed by atoms with E-state index in [-0.39, 0.29) is 6.61 Å². The van der Waals surface area contributed by atoms with Crippen molar-refractivity contribution in [2.75, 3.05) is 18.1 Å². The molecule has 1 aromatic heterocycles. The van der Waals surface area contributed by atoms with Crippen molar-refractivity contribution in [3.63, 3.8) is 0 Å². The first-order valence-electron chi connectivity index (χ1n) is 7.69. The lowest BCUT2D eigenvalue weighted by molar-refractivity contribution is 0.289. The second kappa shape index (κ2) is 7.02. The molecule has 0 unspecified atom stereocenters. The predicted octanol–water partition coefficient (Wildman–Crippen LogP) is 3.62. The van der Waals surface area contributed by atoms with Gasteiger partial charge >= 0.3 is 0 Å². The highest BCUT2D eigenvalue weighted by Crippen LogP contribution is 2.24. The van der Waals surface area contributed by atoms with Gasteiger partial charge in [0.15, 0.2) is 0 Å². The molecule has 120 valence electrons. The van der Waals surface area contributed by atoms with Crippen LogP contribution in [-0.2, 0) is 13.6 Å². The van der Waals surface area contributed by atoms with Gasteiger partial charge < -0.3 is 10.0 Å². The first-order valence-corrected chi connectivity index (χ1v) is 8.07. The molecule has 0 radical (unpaired) electrons. The molecule has 0 aliphatic carbocycles. The Morgan fingerprint density at radius 2 is 1.96 bits per heavy atom. The number of anilines is 1. The number of nitrogens with zero attached hydrogens (tertiary/aromatic N) is 3. The zero-order chi connectivity index (χ0) is 16.2. The highest BCUT2D eigenvalue weighted by Gasteiger charge is 2.09. The van der Waals surface area contributed by atoms with Gasteiger partial charge in [0.2, 0.25) is 0 Å². The van der Waals surface area contributed by atoms with Crippen LogP contribution < -0.4 is 4.90 Å². The summed E-state index contributed by atoms with van der Waals surface area (Å²) in [7, 11) is 1.94. The predicted molar refractivity (Wildman–Crippen MR) is 94.9 cm³/mol. The summed E-state index contributed by atoms with van der Waals surface area (Å²) in [6.45, 7) is 1.76. The molecule has 0 fully saturated rings. The van der Waals surface area contributed by atoms with Gasteiger partial charge in [-0.1, -0.05) is 23.7 Å². The van der Waals surface area contributed by atoms with E-state index in [2.05, 4.69) is 28.2 Å². The van der Waals surface area contributed by atoms with Crippen molar-refractivity contribution in [3.8, 4) is 0 Å². The maximum atomic E-state index is 9.18. The Hall–Kier alpha value is -2.04. The Balaban J connectivity index is 1.88. The normalized spacial score (nSPS) is 11.1. The first kappa shape index (κ1) is 15.8. The number of aromatic nitrogens is 2. The molecule has 23 heavy (non-hydrogen) atoms. The summed E-state index contributed by atoms with van der Waals surface area (Å²) in [4.78, 5) is 2.27. The summed E-state index contributed by atoms with van der Waals surface area (Å²) in [6, 6.07) is 14.2. The smallest absolute Gasteiger partial charge is 0.0680 e. The third-order valence-electron chi connectivity index (χ3n) is 3.97. The maximum absolute atomic E-state index is 9.18. The van der Waals surface area contributed by atoms with Crippen molar-refractivity contribution in [1.82, 2.24) is 9.78 Å². The largest absolute Gasteiger partial charge is 0.396 e. The minimum Gasteiger partial charge on any atom is -0.396 e. The van der Waals surface area contributed by atoms with Crippen LogP contribution in [0.1, 0.15) is 12.0 Å². The van der Waals surface area contributed by atoms with Crippen molar-refractivity contribution in [2.24, 2.45) is 7.05 Å². The Morgan fingerprint density at radius 1 is 1.17 bits per heavy atom. The van der Waals surface area contributed by atoms with Crippen LogP contribution in [0.4, 0.5) is 5.69 Å². The van der Waals surface area contributed by atoms with E-state index in [1.54, 1.807) is 0 Å². The van der Waals surface area contributed by atoms with Gasteiger partial charge in [-0.25, -0.2) is 0 Å². The van der Waals surface area contributed by atoms with Gasteiger partial charge in [-0.05, 0) is 42.3 Å². The van der Waals surface area contributed by atoms with E-state index in [0.29, 0.717) is 0 Å². The van der Waals surface area contributed by atoms with Gasteiger partial charge in [-0.2, -0.15) is 5.10 Å². The standard InChI is InChI=1S/C18H20ClN3O/c1-21-18-8-7-17(11-15(18)12-20-21)22(9-2-10-23)13-14-3-5-16(19)6-4-14/h3-8,11-12,23H,2,9-10,13H2,1H3. The van der Waals surface area contributed by atoms with Crippen molar-refractivity contribution < 1.29 is 5.11 Å². The second-order valence-electron chi connectivity index (χ2n) is 5.64. The van der Waals surface area contributed by atoms with Crippen LogP contribution in [0, 0.1) is 0 Å². The average Bonchev–Trinajstić information content (AvgIpc) is 2.94. The molecule has 3 aromatic rings. The number of aryl methyl sites for hydroxylation is 1. The minimum atomic E-state index is 0.187. The van der Waals surface area contributed by atoms with Crippen LogP contribution in [0.25, 0.3) is 10.9 Å². The number of halogens is 1. The second-order valence-corrected chi connectivity index (χ2v) is 6.07. The summed E-state index contributed by atoms with van der Waals surface area (Å²) in [5.74, 6) is 0. The number of hydrogen-bond acceptors (Lipinski definition) is 3. The van der Waals surface area contributed by atoms with Gasteiger partial charge in [0.1, 0.15) is 0 Å². The van der Waals surface area contributed by atoms with Gasteiger partial charge in [0, 0.05) is 42.8 Å². The zero-order valence-electron chi connectivity index (χ0n) is 13.1. The SMILES string of the molecule is Cn1ncc2cc(N(CCCO)Cc3ccc(Cl)cc3)ccc21. The number of aliphatic hydroxyl groups excluding tert-OH is 1. The Morgan fingerprint density at radius 3 is 2.70 bits per heavy atom. The summed E-state index contributed by atoms with van der Waals surface area (Å²) >= 11 is 5.96. The molecule has 4 nitrogen and oxygen atoms in total. The average molecular weight is 330 g/mol. The number of rotatable bonds is 6. The minimum absolute atomic E-state index is 0.187. The molecule has 0 saturated carbocycles. The lowest BCUT2D eigenvalue weighted by atomic mass is 10.1. The van der Waals surface area contributed by atoms with Crippen LogP contribution in [0.2, 0.25) is 5.02 Å². The molecule has 0 amide bonds. The monoisotopic (exact) mass is 329 g/mol. The van der Waals surface area contributed by atoms with Gasteiger partial charge in [0.05, 0.1) is 11.7 Å². The first-order chi connectivity index (χ1) is 11.2. The Bertz CT molecular complexity index is 783. The number of benzene rings is 2. The van der Waals surface area contributed by atoms with E-state index in [1.807, 2.05) is 42.2 Å². The van der Waals surface area contributed by atoms with E-state index >= 15 is 0 Å². The molecular weight excluding hydrogens is 310 g/mol. The number of hydrogen-bond donors (Lipinski definition) is 1. The van der Waals surface area contributed by atoms with Crippen LogP contribution in [0.5, 0.6) is 0 Å². The maximum Gasteiger partial charge on any atom is 0.0680 e. The van der Waals surface area contributed by atoms with E-state index in [1.165, 1.54) is 5.56 Å². The van der Waals surface area contributed by atoms with E-state index in [0.717, 1.165) is 41.1 Å². The lowest BCUT2D eigenvalue weighted by Gasteiger charge is -2.25. The highest BCUT2D eigenvalue weighted by atomic mass is 35.5. The van der Waals surface area contributed by atoms with Crippen LogP contribution in [-0.4, -0.2) is 28.0 Å². The molecule has 1 heterocycles. The summed E-state index contributed by atoms with van der Waals surface area (Å²) in [6.07, 6.45) is 2.62. The van der Waals surface area contributed by atoms with Crippen LogP contribution in [0.15, 0.2) is 48.7 Å². The van der Waals surface area contributed by atoms with Crippen LogP contribution in [0.3, 0.4) is 0 Å².